The molecule has 1 fully saturated rings. The molecule has 1 heterocycles. The molecule has 0 bridgehead atoms. The quantitative estimate of drug-likeness (QED) is 0.0202. The molecule has 1 rings (SSSR count). The monoisotopic (exact) mass is 867 g/mol. The van der Waals surface area contributed by atoms with Crippen molar-refractivity contribution in [2.45, 2.75) is 179 Å². The highest BCUT2D eigenvalue weighted by molar-refractivity contribution is 7.80. The minimum atomic E-state index is -5.06. The minimum Gasteiger partial charge on any atom is -0.457 e. The summed E-state index contributed by atoms with van der Waals surface area (Å²) in [4.78, 5) is 12.7. The zero-order valence-electron chi connectivity index (χ0n) is 36.5. The number of rotatable bonds is 37. The number of carbonyl (C=O) groups excluding carboxylic acids is 1. The maximum Gasteiger partial charge on any atom is 0.397 e. The molecule has 0 aromatic rings. The first-order chi connectivity index (χ1) is 29.1. The van der Waals surface area contributed by atoms with Crippen molar-refractivity contribution in [1.29, 1.82) is 0 Å². The van der Waals surface area contributed by atoms with Crippen LogP contribution in [-0.2, 0) is 38.3 Å². The van der Waals surface area contributed by atoms with Gasteiger partial charge in [0.1, 0.15) is 30.5 Å². The van der Waals surface area contributed by atoms with Crippen molar-refractivity contribution >= 4 is 16.4 Å². The van der Waals surface area contributed by atoms with Crippen molar-refractivity contribution < 1.29 is 56.2 Å². The van der Waals surface area contributed by atoms with Crippen LogP contribution in [0.3, 0.4) is 0 Å². The number of esters is 1. The van der Waals surface area contributed by atoms with Gasteiger partial charge in [-0.1, -0.05) is 150 Å². The molecule has 0 spiro atoms. The third kappa shape index (κ3) is 31.2. The number of hydrogen-bond donors (Lipinski definition) is 4. The predicted molar refractivity (Wildman–Crippen MR) is 239 cm³/mol. The smallest absolute Gasteiger partial charge is 0.397 e. The molecule has 0 radical (unpaired) electrons. The Balaban J connectivity index is 2.34. The molecule has 12 nitrogen and oxygen atoms in total. The zero-order chi connectivity index (χ0) is 43.9. The molecule has 60 heavy (non-hydrogen) atoms. The molecule has 0 aliphatic carbocycles. The highest BCUT2D eigenvalue weighted by atomic mass is 32.3. The van der Waals surface area contributed by atoms with Crippen LogP contribution < -0.4 is 0 Å². The molecule has 4 N–H and O–H groups in total. The third-order valence-corrected chi connectivity index (χ3v) is 10.00. The Morgan fingerprint density at radius 1 is 0.650 bits per heavy atom. The van der Waals surface area contributed by atoms with Gasteiger partial charge in [-0.05, 0) is 70.6 Å². The Kier molecular flexibility index (Phi) is 35.0. The number of aliphatic hydroxyl groups excluding tert-OH is 3. The van der Waals surface area contributed by atoms with Gasteiger partial charge in [-0.25, -0.2) is 4.18 Å². The first kappa shape index (κ1) is 55.3. The maximum absolute atomic E-state index is 12.7. The molecule has 13 heteroatoms. The van der Waals surface area contributed by atoms with Gasteiger partial charge in [0, 0.05) is 13.0 Å². The van der Waals surface area contributed by atoms with E-state index in [9.17, 15) is 28.5 Å². The summed E-state index contributed by atoms with van der Waals surface area (Å²) in [6.45, 7) is 3.73. The molecule has 6 unspecified atom stereocenters. The van der Waals surface area contributed by atoms with Crippen molar-refractivity contribution in [3.05, 3.63) is 85.1 Å². The maximum atomic E-state index is 12.7. The Labute approximate surface area is 362 Å². The second kappa shape index (κ2) is 38.0. The van der Waals surface area contributed by atoms with Gasteiger partial charge < -0.3 is 34.3 Å². The lowest BCUT2D eigenvalue weighted by molar-refractivity contribution is -0.301. The largest absolute Gasteiger partial charge is 0.457 e. The molecule has 1 saturated heterocycles. The third-order valence-electron chi connectivity index (χ3n) is 9.53. The topological polar surface area (TPSA) is 178 Å². The first-order valence-corrected chi connectivity index (χ1v) is 23.7. The van der Waals surface area contributed by atoms with Gasteiger partial charge in [-0.15, -0.1) is 0 Å². The van der Waals surface area contributed by atoms with Crippen LogP contribution in [0.4, 0.5) is 0 Å². The average Bonchev–Trinajstić information content (AvgIpc) is 3.22. The van der Waals surface area contributed by atoms with Crippen LogP contribution in [0.2, 0.25) is 0 Å². The Bertz CT molecular complexity index is 1370. The summed E-state index contributed by atoms with van der Waals surface area (Å²) in [6, 6.07) is 0. The first-order valence-electron chi connectivity index (χ1n) is 22.3. The fourth-order valence-electron chi connectivity index (χ4n) is 6.18. The van der Waals surface area contributed by atoms with Crippen LogP contribution in [0.1, 0.15) is 142 Å². The normalized spacial score (nSPS) is 21.1. The van der Waals surface area contributed by atoms with E-state index in [1.54, 1.807) is 0 Å². The highest BCUT2D eigenvalue weighted by Gasteiger charge is 2.48. The van der Waals surface area contributed by atoms with E-state index in [2.05, 4.69) is 103 Å². The van der Waals surface area contributed by atoms with Gasteiger partial charge in [0.15, 0.2) is 6.29 Å². The van der Waals surface area contributed by atoms with Crippen LogP contribution in [0.5, 0.6) is 0 Å². The van der Waals surface area contributed by atoms with Crippen LogP contribution in [0, 0.1) is 0 Å². The molecule has 1 aliphatic heterocycles. The van der Waals surface area contributed by atoms with Gasteiger partial charge in [-0.2, -0.15) is 8.42 Å². The van der Waals surface area contributed by atoms with Gasteiger partial charge in [0.05, 0.1) is 19.8 Å². The number of unbranched alkanes of at least 4 members (excludes halogenated alkanes) is 10. The number of hydrogen-bond acceptors (Lipinski definition) is 11. The van der Waals surface area contributed by atoms with E-state index >= 15 is 0 Å². The standard InChI is InChI=1S/C47H78O12S/c1-3-5-7-9-11-12-13-14-15-16-17-18-19-20-21-22-23-24-25-26-27-28-29-31-33-35-37-55-39-41(57-43(49)36-34-32-30-10-8-6-4-2)40-56-47-45(51)46(59-60(52,53)54)44(50)42(38-48)58-47/h5,7,11-12,14-15,17-18,20-21,23-24,26-27,41-42,44-48,50-51H,3-4,6,8-10,13,16,19,22,25,28-40H2,1-2H3,(H,52,53,54)/b7-5-,12-11-,15-14-,18-17-,21-20-,24-23-,27-26-. The summed E-state index contributed by atoms with van der Waals surface area (Å²) in [5, 5.41) is 30.5. The zero-order valence-corrected chi connectivity index (χ0v) is 37.3. The van der Waals surface area contributed by atoms with Gasteiger partial charge in [0.2, 0.25) is 0 Å². The number of carbonyl (C=O) groups is 1. The van der Waals surface area contributed by atoms with Crippen LogP contribution >= 0.6 is 0 Å². The number of allylic oxidation sites excluding steroid dienone is 14. The summed E-state index contributed by atoms with van der Waals surface area (Å²) >= 11 is 0. The van der Waals surface area contributed by atoms with E-state index < -0.39 is 59.8 Å². The lowest BCUT2D eigenvalue weighted by atomic mass is 9.99. The average molecular weight is 867 g/mol. The van der Waals surface area contributed by atoms with Crippen molar-refractivity contribution in [2.24, 2.45) is 0 Å². The Morgan fingerprint density at radius 2 is 1.15 bits per heavy atom. The van der Waals surface area contributed by atoms with E-state index in [0.717, 1.165) is 96.3 Å². The van der Waals surface area contributed by atoms with Crippen molar-refractivity contribution in [3.8, 4) is 0 Å². The fraction of sp³-hybridized carbons (Fsp3) is 0.681. The SMILES string of the molecule is CC/C=C\C/C=C\C/C=C\C/C=C\C/C=C\C/C=C\C/C=C\CCCCCCOCC(COC1OC(CO)C(O)C(OS(=O)(=O)O)C1O)OC(=O)CCCCCCCCC. The molecule has 0 saturated carbocycles. The molecule has 0 aromatic carbocycles. The number of aliphatic hydroxyl groups is 3. The van der Waals surface area contributed by atoms with E-state index in [4.69, 9.17) is 23.5 Å². The van der Waals surface area contributed by atoms with Crippen molar-refractivity contribution in [3.63, 3.8) is 0 Å². The minimum absolute atomic E-state index is 0.0138. The van der Waals surface area contributed by atoms with E-state index in [0.29, 0.717) is 13.0 Å². The summed E-state index contributed by atoms with van der Waals surface area (Å²) in [7, 11) is -5.06. The Morgan fingerprint density at radius 3 is 1.68 bits per heavy atom. The molecule has 344 valence electrons. The van der Waals surface area contributed by atoms with E-state index in [1.165, 1.54) is 19.3 Å². The molecule has 0 amide bonds. The predicted octanol–water partition coefficient (Wildman–Crippen LogP) is 9.29. The van der Waals surface area contributed by atoms with E-state index in [1.807, 2.05) is 0 Å². The molecule has 0 aromatic heterocycles. The molecular weight excluding hydrogens is 789 g/mol. The number of ether oxygens (including phenoxy) is 4. The van der Waals surface area contributed by atoms with Gasteiger partial charge in [0.25, 0.3) is 0 Å². The van der Waals surface area contributed by atoms with Crippen LogP contribution in [0.15, 0.2) is 85.1 Å². The lowest BCUT2D eigenvalue weighted by Gasteiger charge is -2.41. The summed E-state index contributed by atoms with van der Waals surface area (Å²) in [5.74, 6) is -0.420. The molecule has 1 aliphatic rings. The summed E-state index contributed by atoms with van der Waals surface area (Å²) < 4.78 is 58.8. The second-order valence-corrected chi connectivity index (χ2v) is 16.0. The van der Waals surface area contributed by atoms with Crippen LogP contribution in [-0.4, -0.2) is 97.5 Å². The van der Waals surface area contributed by atoms with Crippen LogP contribution in [0.25, 0.3) is 0 Å². The lowest BCUT2D eigenvalue weighted by Crippen LogP contribution is -2.60. The van der Waals surface area contributed by atoms with Gasteiger partial charge in [-0.3, -0.25) is 9.35 Å². The van der Waals surface area contributed by atoms with E-state index in [-0.39, 0.29) is 19.6 Å². The van der Waals surface area contributed by atoms with Crippen molar-refractivity contribution in [2.75, 3.05) is 26.4 Å². The summed E-state index contributed by atoms with van der Waals surface area (Å²) in [6.07, 6.45) is 40.8. The fourth-order valence-corrected chi connectivity index (χ4v) is 6.69. The molecular formula is C47H78O12S. The second-order valence-electron chi connectivity index (χ2n) is 14.9. The van der Waals surface area contributed by atoms with Gasteiger partial charge >= 0.3 is 16.4 Å². The Hall–Kier alpha value is -2.72. The van der Waals surface area contributed by atoms with Crippen molar-refractivity contribution in [1.82, 2.24) is 0 Å². The molecule has 6 atom stereocenters. The summed E-state index contributed by atoms with van der Waals surface area (Å²) in [5.41, 5.74) is 0. The highest BCUT2D eigenvalue weighted by Crippen LogP contribution is 2.26.